The number of carbonyl (C=O) groups is 1. The summed E-state index contributed by atoms with van der Waals surface area (Å²) in [5.74, 6) is 0.510. The van der Waals surface area contributed by atoms with Crippen molar-refractivity contribution < 1.29 is 14.5 Å². The SMILES string of the molecule is COc1ccc(CCCNC(=O)c2cccc([N+](=O)[O-])c2)cc1. The highest BCUT2D eigenvalue weighted by Crippen LogP contribution is 2.14. The van der Waals surface area contributed by atoms with Gasteiger partial charge in [-0.1, -0.05) is 18.2 Å². The van der Waals surface area contributed by atoms with Crippen LogP contribution in [0.25, 0.3) is 0 Å². The van der Waals surface area contributed by atoms with Gasteiger partial charge in [-0.05, 0) is 36.6 Å². The summed E-state index contributed by atoms with van der Waals surface area (Å²) in [7, 11) is 1.62. The van der Waals surface area contributed by atoms with Crippen LogP contribution in [0.1, 0.15) is 22.3 Å². The van der Waals surface area contributed by atoms with E-state index in [1.54, 1.807) is 13.2 Å². The molecule has 0 aromatic heterocycles. The van der Waals surface area contributed by atoms with Gasteiger partial charge in [0.15, 0.2) is 0 Å². The molecule has 23 heavy (non-hydrogen) atoms. The molecule has 2 rings (SSSR count). The number of non-ortho nitro benzene ring substituents is 1. The highest BCUT2D eigenvalue weighted by Gasteiger charge is 2.10. The Balaban J connectivity index is 1.80. The predicted octanol–water partition coefficient (Wildman–Crippen LogP) is 2.97. The second-order valence-corrected chi connectivity index (χ2v) is 5.01. The molecule has 2 aromatic rings. The van der Waals surface area contributed by atoms with Gasteiger partial charge in [0.05, 0.1) is 12.0 Å². The summed E-state index contributed by atoms with van der Waals surface area (Å²) in [6.45, 7) is 0.507. The quantitative estimate of drug-likeness (QED) is 0.484. The molecular formula is C17H18N2O4. The van der Waals surface area contributed by atoms with Gasteiger partial charge in [0.1, 0.15) is 5.75 Å². The molecule has 0 unspecified atom stereocenters. The minimum atomic E-state index is -0.513. The first kappa shape index (κ1) is 16.5. The van der Waals surface area contributed by atoms with Crippen molar-refractivity contribution in [1.82, 2.24) is 5.32 Å². The molecule has 0 heterocycles. The van der Waals surface area contributed by atoms with Crippen LogP contribution in [0, 0.1) is 10.1 Å². The van der Waals surface area contributed by atoms with E-state index in [0.717, 1.165) is 24.2 Å². The van der Waals surface area contributed by atoms with E-state index in [0.29, 0.717) is 12.1 Å². The number of nitro benzene ring substituents is 1. The maximum absolute atomic E-state index is 12.0. The van der Waals surface area contributed by atoms with E-state index < -0.39 is 4.92 Å². The molecular weight excluding hydrogens is 296 g/mol. The third-order valence-electron chi connectivity index (χ3n) is 3.41. The van der Waals surface area contributed by atoms with Gasteiger partial charge >= 0.3 is 0 Å². The van der Waals surface area contributed by atoms with Crippen LogP contribution in [0.3, 0.4) is 0 Å². The van der Waals surface area contributed by atoms with Crippen molar-refractivity contribution in [2.24, 2.45) is 0 Å². The normalized spacial score (nSPS) is 10.1. The molecule has 0 aliphatic heterocycles. The van der Waals surface area contributed by atoms with Crippen molar-refractivity contribution in [1.29, 1.82) is 0 Å². The summed E-state index contributed by atoms with van der Waals surface area (Å²) in [4.78, 5) is 22.2. The number of nitrogens with zero attached hydrogens (tertiary/aromatic N) is 1. The number of ether oxygens (including phenoxy) is 1. The van der Waals surface area contributed by atoms with Gasteiger partial charge in [-0.25, -0.2) is 0 Å². The fourth-order valence-corrected chi connectivity index (χ4v) is 2.15. The molecule has 0 radical (unpaired) electrons. The van der Waals surface area contributed by atoms with Gasteiger partial charge < -0.3 is 10.1 Å². The number of rotatable bonds is 7. The lowest BCUT2D eigenvalue weighted by molar-refractivity contribution is -0.384. The van der Waals surface area contributed by atoms with E-state index >= 15 is 0 Å². The van der Waals surface area contributed by atoms with Gasteiger partial charge in [0.25, 0.3) is 11.6 Å². The Morgan fingerprint density at radius 3 is 2.61 bits per heavy atom. The highest BCUT2D eigenvalue weighted by atomic mass is 16.6. The summed E-state index contributed by atoms with van der Waals surface area (Å²) in [5, 5.41) is 13.5. The summed E-state index contributed by atoms with van der Waals surface area (Å²) in [6.07, 6.45) is 1.62. The number of hydrogen-bond donors (Lipinski definition) is 1. The number of benzene rings is 2. The zero-order valence-corrected chi connectivity index (χ0v) is 12.8. The summed E-state index contributed by atoms with van der Waals surface area (Å²) in [6, 6.07) is 13.5. The fraction of sp³-hybridized carbons (Fsp3) is 0.235. The molecule has 0 saturated heterocycles. The molecule has 0 aliphatic rings. The number of aryl methyl sites for hydroxylation is 1. The zero-order valence-electron chi connectivity index (χ0n) is 12.8. The van der Waals surface area contributed by atoms with Crippen LogP contribution in [-0.2, 0) is 6.42 Å². The number of methoxy groups -OCH3 is 1. The van der Waals surface area contributed by atoms with E-state index in [4.69, 9.17) is 4.74 Å². The Morgan fingerprint density at radius 2 is 1.96 bits per heavy atom. The highest BCUT2D eigenvalue weighted by molar-refractivity contribution is 5.94. The second-order valence-electron chi connectivity index (χ2n) is 5.01. The van der Waals surface area contributed by atoms with E-state index in [1.807, 2.05) is 24.3 Å². The molecule has 0 aliphatic carbocycles. The van der Waals surface area contributed by atoms with Crippen LogP contribution >= 0.6 is 0 Å². The molecule has 120 valence electrons. The molecule has 1 N–H and O–H groups in total. The Labute approximate surface area is 134 Å². The van der Waals surface area contributed by atoms with Gasteiger partial charge in [-0.2, -0.15) is 0 Å². The lowest BCUT2D eigenvalue weighted by Gasteiger charge is -2.06. The van der Waals surface area contributed by atoms with Crippen LogP contribution in [-0.4, -0.2) is 24.5 Å². The van der Waals surface area contributed by atoms with Crippen molar-refractivity contribution in [2.45, 2.75) is 12.8 Å². The van der Waals surface area contributed by atoms with Crippen molar-refractivity contribution in [2.75, 3.05) is 13.7 Å². The van der Waals surface area contributed by atoms with Gasteiger partial charge in [0, 0.05) is 24.2 Å². The molecule has 2 aromatic carbocycles. The first-order valence-corrected chi connectivity index (χ1v) is 7.26. The minimum absolute atomic E-state index is 0.0871. The average molecular weight is 314 g/mol. The smallest absolute Gasteiger partial charge is 0.270 e. The number of carbonyl (C=O) groups excluding carboxylic acids is 1. The lowest BCUT2D eigenvalue weighted by atomic mass is 10.1. The largest absolute Gasteiger partial charge is 0.497 e. The summed E-state index contributed by atoms with van der Waals surface area (Å²) < 4.78 is 5.10. The van der Waals surface area contributed by atoms with E-state index in [-0.39, 0.29) is 11.6 Å². The summed E-state index contributed by atoms with van der Waals surface area (Å²) >= 11 is 0. The molecule has 0 spiro atoms. The molecule has 0 atom stereocenters. The molecule has 1 amide bonds. The minimum Gasteiger partial charge on any atom is -0.497 e. The van der Waals surface area contributed by atoms with E-state index in [2.05, 4.69) is 5.32 Å². The number of nitrogens with one attached hydrogen (secondary N) is 1. The topological polar surface area (TPSA) is 81.5 Å². The standard InChI is InChI=1S/C17H18N2O4/c1-23-16-9-7-13(8-10-16)4-3-11-18-17(20)14-5-2-6-15(12-14)19(21)22/h2,5-10,12H,3-4,11H2,1H3,(H,18,20). The third kappa shape index (κ3) is 4.81. The van der Waals surface area contributed by atoms with Crippen LogP contribution in [0.4, 0.5) is 5.69 Å². The Morgan fingerprint density at radius 1 is 1.22 bits per heavy atom. The molecule has 0 saturated carbocycles. The zero-order chi connectivity index (χ0) is 16.7. The monoisotopic (exact) mass is 314 g/mol. The predicted molar refractivity (Wildman–Crippen MR) is 86.7 cm³/mol. The maximum atomic E-state index is 12.0. The van der Waals surface area contributed by atoms with Crippen molar-refractivity contribution >= 4 is 11.6 Å². The Hall–Kier alpha value is -2.89. The molecule has 6 heteroatoms. The molecule has 0 fully saturated rings. The number of hydrogen-bond acceptors (Lipinski definition) is 4. The third-order valence-corrected chi connectivity index (χ3v) is 3.41. The number of amides is 1. The summed E-state index contributed by atoms with van der Waals surface area (Å²) in [5.41, 5.74) is 1.37. The van der Waals surface area contributed by atoms with Crippen LogP contribution in [0.5, 0.6) is 5.75 Å². The maximum Gasteiger partial charge on any atom is 0.270 e. The van der Waals surface area contributed by atoms with Crippen molar-refractivity contribution in [3.63, 3.8) is 0 Å². The van der Waals surface area contributed by atoms with Crippen LogP contribution < -0.4 is 10.1 Å². The fourth-order valence-electron chi connectivity index (χ4n) is 2.15. The van der Waals surface area contributed by atoms with E-state index in [1.165, 1.54) is 18.2 Å². The van der Waals surface area contributed by atoms with E-state index in [9.17, 15) is 14.9 Å². The molecule has 6 nitrogen and oxygen atoms in total. The Kier molecular flexibility index (Phi) is 5.68. The number of nitro groups is 1. The second kappa shape index (κ2) is 7.93. The lowest BCUT2D eigenvalue weighted by Crippen LogP contribution is -2.24. The Bertz CT molecular complexity index is 683. The van der Waals surface area contributed by atoms with Gasteiger partial charge in [-0.3, -0.25) is 14.9 Å². The van der Waals surface area contributed by atoms with Crippen LogP contribution in [0.2, 0.25) is 0 Å². The van der Waals surface area contributed by atoms with Crippen molar-refractivity contribution in [3.8, 4) is 5.75 Å². The first-order valence-electron chi connectivity index (χ1n) is 7.26. The molecule has 0 bridgehead atoms. The van der Waals surface area contributed by atoms with Gasteiger partial charge in [0.2, 0.25) is 0 Å². The van der Waals surface area contributed by atoms with Crippen LogP contribution in [0.15, 0.2) is 48.5 Å². The average Bonchev–Trinajstić information content (AvgIpc) is 2.59. The van der Waals surface area contributed by atoms with Crippen molar-refractivity contribution in [3.05, 3.63) is 69.8 Å². The van der Waals surface area contributed by atoms with Gasteiger partial charge in [-0.15, -0.1) is 0 Å². The first-order chi connectivity index (χ1) is 11.1.